The first-order chi connectivity index (χ1) is 7.49. The summed E-state index contributed by atoms with van der Waals surface area (Å²) in [6, 6.07) is 1.99. The molecule has 0 saturated carbocycles. The highest BCUT2D eigenvalue weighted by atomic mass is 35.5. The minimum atomic E-state index is -0.779. The second-order valence-corrected chi connectivity index (χ2v) is 4.17. The minimum Gasteiger partial charge on any atom is -0.481 e. The Labute approximate surface area is 99.6 Å². The quantitative estimate of drug-likeness (QED) is 0.780. The summed E-state index contributed by atoms with van der Waals surface area (Å²) in [7, 11) is 0. The molecule has 0 aliphatic rings. The van der Waals surface area contributed by atoms with Crippen molar-refractivity contribution >= 4 is 23.3 Å². The largest absolute Gasteiger partial charge is 0.481 e. The molecule has 0 spiro atoms. The molecule has 0 bridgehead atoms. The third kappa shape index (κ3) is 4.06. The number of anilines is 1. The number of hydrogen-bond acceptors (Lipinski definition) is 3. The topological polar surface area (TPSA) is 62.2 Å². The van der Waals surface area contributed by atoms with E-state index in [1.807, 2.05) is 19.9 Å². The highest BCUT2D eigenvalue weighted by Crippen LogP contribution is 2.17. The van der Waals surface area contributed by atoms with Crippen LogP contribution in [0.1, 0.15) is 25.3 Å². The van der Waals surface area contributed by atoms with Crippen molar-refractivity contribution in [3.63, 3.8) is 0 Å². The van der Waals surface area contributed by atoms with Crippen LogP contribution in [0.25, 0.3) is 0 Å². The van der Waals surface area contributed by atoms with Gasteiger partial charge in [-0.1, -0.05) is 11.6 Å². The lowest BCUT2D eigenvalue weighted by molar-refractivity contribution is -0.137. The summed E-state index contributed by atoms with van der Waals surface area (Å²) >= 11 is 5.80. The van der Waals surface area contributed by atoms with Crippen LogP contribution in [0, 0.1) is 6.92 Å². The Hall–Kier alpha value is -1.29. The normalized spacial score (nSPS) is 12.2. The van der Waals surface area contributed by atoms with Gasteiger partial charge in [0.15, 0.2) is 0 Å². The van der Waals surface area contributed by atoms with E-state index in [0.717, 1.165) is 11.3 Å². The van der Waals surface area contributed by atoms with E-state index in [9.17, 15) is 4.79 Å². The number of carboxylic acid groups (broad SMARTS) is 1. The van der Waals surface area contributed by atoms with E-state index in [1.54, 1.807) is 6.20 Å². The SMILES string of the molecule is Cc1cc(NC(C)CCC(=O)O)cnc1Cl. The number of carbonyl (C=O) groups is 1. The van der Waals surface area contributed by atoms with Crippen LogP contribution in [-0.2, 0) is 4.79 Å². The van der Waals surface area contributed by atoms with Crippen LogP contribution >= 0.6 is 11.6 Å². The monoisotopic (exact) mass is 242 g/mol. The number of rotatable bonds is 5. The van der Waals surface area contributed by atoms with E-state index < -0.39 is 5.97 Å². The maximum Gasteiger partial charge on any atom is 0.303 e. The van der Waals surface area contributed by atoms with Crippen molar-refractivity contribution < 1.29 is 9.90 Å². The van der Waals surface area contributed by atoms with Crippen LogP contribution in [0.4, 0.5) is 5.69 Å². The van der Waals surface area contributed by atoms with Gasteiger partial charge in [0.1, 0.15) is 5.15 Å². The average molecular weight is 243 g/mol. The van der Waals surface area contributed by atoms with Crippen LogP contribution in [0.5, 0.6) is 0 Å². The van der Waals surface area contributed by atoms with Crippen molar-refractivity contribution in [2.45, 2.75) is 32.7 Å². The van der Waals surface area contributed by atoms with Gasteiger partial charge in [0.25, 0.3) is 0 Å². The Bertz CT molecular complexity index is 382. The van der Waals surface area contributed by atoms with Crippen LogP contribution in [0.3, 0.4) is 0 Å². The van der Waals surface area contributed by atoms with Gasteiger partial charge in [-0.2, -0.15) is 0 Å². The van der Waals surface area contributed by atoms with Gasteiger partial charge in [-0.3, -0.25) is 4.79 Å². The highest BCUT2D eigenvalue weighted by molar-refractivity contribution is 6.30. The fourth-order valence-electron chi connectivity index (χ4n) is 1.33. The third-order valence-electron chi connectivity index (χ3n) is 2.22. The number of aliphatic carboxylic acids is 1. The molecule has 5 heteroatoms. The molecule has 1 aromatic heterocycles. The molecular weight excluding hydrogens is 228 g/mol. The first-order valence-corrected chi connectivity index (χ1v) is 5.47. The van der Waals surface area contributed by atoms with E-state index >= 15 is 0 Å². The summed E-state index contributed by atoms with van der Waals surface area (Å²) in [6.07, 6.45) is 2.39. The number of hydrogen-bond donors (Lipinski definition) is 2. The number of aromatic nitrogens is 1. The van der Waals surface area contributed by atoms with Crippen LogP contribution in [0.15, 0.2) is 12.3 Å². The van der Waals surface area contributed by atoms with Crippen molar-refractivity contribution in [1.29, 1.82) is 0 Å². The van der Waals surface area contributed by atoms with E-state index in [-0.39, 0.29) is 12.5 Å². The molecular formula is C11H15ClN2O2. The van der Waals surface area contributed by atoms with E-state index in [2.05, 4.69) is 10.3 Å². The predicted molar refractivity (Wildman–Crippen MR) is 63.9 cm³/mol. The Morgan fingerprint density at radius 2 is 2.38 bits per heavy atom. The maximum absolute atomic E-state index is 10.4. The predicted octanol–water partition coefficient (Wildman–Crippen LogP) is 2.71. The second kappa shape index (κ2) is 5.70. The first-order valence-electron chi connectivity index (χ1n) is 5.09. The Kier molecular flexibility index (Phi) is 4.55. The van der Waals surface area contributed by atoms with Gasteiger partial charge >= 0.3 is 5.97 Å². The Morgan fingerprint density at radius 3 is 2.94 bits per heavy atom. The molecule has 0 aliphatic carbocycles. The smallest absolute Gasteiger partial charge is 0.303 e. The van der Waals surface area contributed by atoms with E-state index in [0.29, 0.717) is 11.6 Å². The van der Waals surface area contributed by atoms with Gasteiger partial charge in [-0.05, 0) is 31.9 Å². The van der Waals surface area contributed by atoms with Crippen LogP contribution < -0.4 is 5.32 Å². The van der Waals surface area contributed by atoms with Gasteiger partial charge in [0.05, 0.1) is 11.9 Å². The second-order valence-electron chi connectivity index (χ2n) is 3.81. The zero-order chi connectivity index (χ0) is 12.1. The highest BCUT2D eigenvalue weighted by Gasteiger charge is 2.06. The molecule has 0 amide bonds. The molecule has 0 fully saturated rings. The molecule has 1 unspecified atom stereocenters. The molecule has 0 radical (unpaired) electrons. The van der Waals surface area contributed by atoms with Gasteiger partial charge < -0.3 is 10.4 Å². The number of pyridine rings is 1. The number of carboxylic acids is 1. The molecule has 16 heavy (non-hydrogen) atoms. The van der Waals surface area contributed by atoms with Gasteiger partial charge in [-0.25, -0.2) is 4.98 Å². The van der Waals surface area contributed by atoms with Gasteiger partial charge in [-0.15, -0.1) is 0 Å². The Balaban J connectivity index is 2.52. The lowest BCUT2D eigenvalue weighted by atomic mass is 10.1. The summed E-state index contributed by atoms with van der Waals surface area (Å²) in [5.41, 5.74) is 1.76. The molecule has 1 rings (SSSR count). The summed E-state index contributed by atoms with van der Waals surface area (Å²) in [5, 5.41) is 12.2. The summed E-state index contributed by atoms with van der Waals surface area (Å²) in [6.45, 7) is 3.81. The molecule has 1 aromatic rings. The average Bonchev–Trinajstić information content (AvgIpc) is 2.21. The molecule has 0 aromatic carbocycles. The van der Waals surface area contributed by atoms with E-state index in [4.69, 9.17) is 16.7 Å². The summed E-state index contributed by atoms with van der Waals surface area (Å²) in [5.74, 6) is -0.779. The van der Waals surface area contributed by atoms with Crippen LogP contribution in [-0.4, -0.2) is 22.1 Å². The lowest BCUT2D eigenvalue weighted by Crippen LogP contribution is -2.16. The number of aryl methyl sites for hydroxylation is 1. The zero-order valence-corrected chi connectivity index (χ0v) is 10.1. The summed E-state index contributed by atoms with van der Waals surface area (Å²) in [4.78, 5) is 14.4. The number of halogens is 1. The van der Waals surface area contributed by atoms with Gasteiger partial charge in [0, 0.05) is 12.5 Å². The lowest BCUT2D eigenvalue weighted by Gasteiger charge is -2.14. The van der Waals surface area contributed by atoms with Crippen LogP contribution in [0.2, 0.25) is 5.15 Å². The minimum absolute atomic E-state index is 0.0958. The van der Waals surface area contributed by atoms with Crippen molar-refractivity contribution in [2.75, 3.05) is 5.32 Å². The van der Waals surface area contributed by atoms with Crippen molar-refractivity contribution in [1.82, 2.24) is 4.98 Å². The molecule has 2 N–H and O–H groups in total. The summed E-state index contributed by atoms with van der Waals surface area (Å²) < 4.78 is 0. The standard InChI is InChI=1S/C11H15ClN2O2/c1-7-5-9(6-13-11(7)12)14-8(2)3-4-10(15)16/h5-6,8,14H,3-4H2,1-2H3,(H,15,16). The molecule has 0 saturated heterocycles. The molecule has 88 valence electrons. The molecule has 4 nitrogen and oxygen atoms in total. The first kappa shape index (κ1) is 12.8. The van der Waals surface area contributed by atoms with Crippen molar-refractivity contribution in [3.05, 3.63) is 23.0 Å². The van der Waals surface area contributed by atoms with Crippen molar-refractivity contribution in [3.8, 4) is 0 Å². The van der Waals surface area contributed by atoms with Gasteiger partial charge in [0.2, 0.25) is 0 Å². The van der Waals surface area contributed by atoms with E-state index in [1.165, 1.54) is 0 Å². The molecule has 0 aliphatic heterocycles. The maximum atomic E-state index is 10.4. The Morgan fingerprint density at radius 1 is 1.69 bits per heavy atom. The van der Waals surface area contributed by atoms with Crippen molar-refractivity contribution in [2.24, 2.45) is 0 Å². The zero-order valence-electron chi connectivity index (χ0n) is 9.33. The molecule has 1 atom stereocenters. The number of nitrogens with zero attached hydrogens (tertiary/aromatic N) is 1. The fraction of sp³-hybridized carbons (Fsp3) is 0.455. The number of nitrogens with one attached hydrogen (secondary N) is 1. The fourth-order valence-corrected chi connectivity index (χ4v) is 1.44. The molecule has 1 heterocycles. The third-order valence-corrected chi connectivity index (χ3v) is 2.61.